The maximum Gasteiger partial charge on any atom is 0.247 e. The average Bonchev–Trinajstić information content (AvgIpc) is 3.07. The van der Waals surface area contributed by atoms with E-state index in [1.807, 2.05) is 23.1 Å². The second-order valence-corrected chi connectivity index (χ2v) is 4.85. The van der Waals surface area contributed by atoms with Gasteiger partial charge in [-0.15, -0.1) is 0 Å². The lowest BCUT2D eigenvalue weighted by molar-refractivity contribution is -0.120. The summed E-state index contributed by atoms with van der Waals surface area (Å²) in [6.45, 7) is 0.814. The van der Waals surface area contributed by atoms with Crippen LogP contribution in [0.4, 0.5) is 5.69 Å². The molecule has 0 radical (unpaired) electrons. The number of fused-ring (bicyclic) bond motifs is 1. The molecular formula is C13H16N2O. The van der Waals surface area contributed by atoms with Crippen LogP contribution in [0.25, 0.3) is 0 Å². The van der Waals surface area contributed by atoms with Crippen LogP contribution < -0.4 is 10.6 Å². The Morgan fingerprint density at radius 2 is 2.06 bits per heavy atom. The van der Waals surface area contributed by atoms with Crippen molar-refractivity contribution < 1.29 is 4.79 Å². The van der Waals surface area contributed by atoms with Crippen LogP contribution in [0.3, 0.4) is 0 Å². The van der Waals surface area contributed by atoms with Crippen LogP contribution in [0, 0.1) is 0 Å². The number of anilines is 1. The molecule has 1 fully saturated rings. The van der Waals surface area contributed by atoms with Gasteiger partial charge in [-0.25, -0.2) is 0 Å². The van der Waals surface area contributed by atoms with E-state index in [0.29, 0.717) is 0 Å². The number of amides is 1. The van der Waals surface area contributed by atoms with Crippen molar-refractivity contribution in [3.8, 4) is 0 Å². The molecule has 3 heteroatoms. The SMILES string of the molecule is NC1(C(=O)N2CCCc3ccccc32)CC1. The molecule has 3 rings (SSSR count). The van der Waals surface area contributed by atoms with Crippen LogP contribution in [-0.4, -0.2) is 18.0 Å². The minimum absolute atomic E-state index is 0.111. The zero-order valence-electron chi connectivity index (χ0n) is 9.28. The largest absolute Gasteiger partial charge is 0.317 e. The predicted molar refractivity (Wildman–Crippen MR) is 63.3 cm³/mol. The first kappa shape index (κ1) is 9.85. The van der Waals surface area contributed by atoms with Crippen molar-refractivity contribution in [1.82, 2.24) is 0 Å². The van der Waals surface area contributed by atoms with Crippen molar-refractivity contribution in [1.29, 1.82) is 0 Å². The van der Waals surface area contributed by atoms with E-state index in [1.54, 1.807) is 0 Å². The highest BCUT2D eigenvalue weighted by Crippen LogP contribution is 2.37. The number of carbonyl (C=O) groups is 1. The summed E-state index contributed by atoms with van der Waals surface area (Å²) in [7, 11) is 0. The Labute approximate surface area is 95.2 Å². The van der Waals surface area contributed by atoms with E-state index in [9.17, 15) is 4.79 Å². The fourth-order valence-electron chi connectivity index (χ4n) is 2.36. The Bertz CT molecular complexity index is 437. The molecule has 0 unspecified atom stereocenters. The normalized spacial score (nSPS) is 21.4. The second-order valence-electron chi connectivity index (χ2n) is 4.85. The van der Waals surface area contributed by atoms with Gasteiger partial charge in [-0.2, -0.15) is 0 Å². The van der Waals surface area contributed by atoms with Crippen molar-refractivity contribution in [2.24, 2.45) is 5.73 Å². The monoisotopic (exact) mass is 216 g/mol. The van der Waals surface area contributed by atoms with Crippen LogP contribution in [0.2, 0.25) is 0 Å². The number of rotatable bonds is 1. The van der Waals surface area contributed by atoms with Gasteiger partial charge in [0.2, 0.25) is 5.91 Å². The lowest BCUT2D eigenvalue weighted by atomic mass is 10.0. The van der Waals surface area contributed by atoms with Gasteiger partial charge in [0.15, 0.2) is 0 Å². The van der Waals surface area contributed by atoms with Gasteiger partial charge in [-0.3, -0.25) is 4.79 Å². The molecule has 2 N–H and O–H groups in total. The molecule has 84 valence electrons. The number of nitrogens with two attached hydrogens (primary N) is 1. The molecule has 0 aromatic heterocycles. The smallest absolute Gasteiger partial charge is 0.247 e. The summed E-state index contributed by atoms with van der Waals surface area (Å²) in [6, 6.07) is 8.14. The number of benzene rings is 1. The zero-order chi connectivity index (χ0) is 11.2. The van der Waals surface area contributed by atoms with E-state index in [2.05, 4.69) is 6.07 Å². The number of nitrogens with zero attached hydrogens (tertiary/aromatic N) is 1. The average molecular weight is 216 g/mol. The Morgan fingerprint density at radius 1 is 1.31 bits per heavy atom. The Morgan fingerprint density at radius 3 is 2.81 bits per heavy atom. The van der Waals surface area contributed by atoms with Crippen LogP contribution in [-0.2, 0) is 11.2 Å². The Hall–Kier alpha value is -1.35. The molecule has 0 spiro atoms. The zero-order valence-corrected chi connectivity index (χ0v) is 9.28. The standard InChI is InChI=1S/C13H16N2O/c14-13(7-8-13)12(16)15-9-3-5-10-4-1-2-6-11(10)15/h1-2,4,6H,3,5,7-9,14H2. The third-order valence-electron chi connectivity index (χ3n) is 3.57. The van der Waals surface area contributed by atoms with Gasteiger partial charge in [-0.1, -0.05) is 18.2 Å². The van der Waals surface area contributed by atoms with Gasteiger partial charge in [0, 0.05) is 12.2 Å². The van der Waals surface area contributed by atoms with Crippen molar-refractivity contribution in [3.05, 3.63) is 29.8 Å². The predicted octanol–water partition coefficient (Wildman–Crippen LogP) is 1.46. The third kappa shape index (κ3) is 1.43. The highest BCUT2D eigenvalue weighted by Gasteiger charge is 2.48. The van der Waals surface area contributed by atoms with Crippen LogP contribution in [0.1, 0.15) is 24.8 Å². The number of carbonyl (C=O) groups excluding carboxylic acids is 1. The number of hydrogen-bond acceptors (Lipinski definition) is 2. The molecule has 1 aliphatic carbocycles. The molecule has 2 aliphatic rings. The van der Waals surface area contributed by atoms with Crippen LogP contribution >= 0.6 is 0 Å². The summed E-state index contributed by atoms with van der Waals surface area (Å²) in [5.41, 5.74) is 7.77. The molecular weight excluding hydrogens is 200 g/mol. The summed E-state index contributed by atoms with van der Waals surface area (Å²) >= 11 is 0. The molecule has 0 saturated heterocycles. The molecule has 0 atom stereocenters. The molecule has 3 nitrogen and oxygen atoms in total. The minimum Gasteiger partial charge on any atom is -0.317 e. The molecule has 1 aromatic rings. The molecule has 1 heterocycles. The van der Waals surface area contributed by atoms with Crippen LogP contribution in [0.5, 0.6) is 0 Å². The summed E-state index contributed by atoms with van der Waals surface area (Å²) in [6.07, 6.45) is 3.78. The van der Waals surface area contributed by atoms with E-state index < -0.39 is 5.54 Å². The first-order valence-electron chi connectivity index (χ1n) is 5.89. The second kappa shape index (κ2) is 3.32. The number of hydrogen-bond donors (Lipinski definition) is 1. The van der Waals surface area contributed by atoms with E-state index >= 15 is 0 Å². The van der Waals surface area contributed by atoms with E-state index in [1.165, 1.54) is 5.56 Å². The first-order valence-corrected chi connectivity index (χ1v) is 5.89. The summed E-state index contributed by atoms with van der Waals surface area (Å²) in [4.78, 5) is 14.1. The molecule has 0 bridgehead atoms. The maximum atomic E-state index is 12.2. The van der Waals surface area contributed by atoms with E-state index in [4.69, 9.17) is 5.73 Å². The molecule has 1 aliphatic heterocycles. The van der Waals surface area contributed by atoms with Crippen molar-refractivity contribution in [3.63, 3.8) is 0 Å². The van der Waals surface area contributed by atoms with Gasteiger partial charge < -0.3 is 10.6 Å². The number of para-hydroxylation sites is 1. The lowest BCUT2D eigenvalue weighted by Gasteiger charge is -2.31. The minimum atomic E-state index is -0.551. The van der Waals surface area contributed by atoms with Gasteiger partial charge >= 0.3 is 0 Å². The van der Waals surface area contributed by atoms with Crippen molar-refractivity contribution in [2.75, 3.05) is 11.4 Å². The molecule has 1 aromatic carbocycles. The highest BCUT2D eigenvalue weighted by molar-refractivity contribution is 6.02. The molecule has 1 amide bonds. The topological polar surface area (TPSA) is 46.3 Å². The highest BCUT2D eigenvalue weighted by atomic mass is 16.2. The van der Waals surface area contributed by atoms with Crippen LogP contribution in [0.15, 0.2) is 24.3 Å². The first-order chi connectivity index (χ1) is 7.71. The maximum absolute atomic E-state index is 12.2. The molecule has 1 saturated carbocycles. The lowest BCUT2D eigenvalue weighted by Crippen LogP contribution is -2.47. The van der Waals surface area contributed by atoms with Gasteiger partial charge in [0.25, 0.3) is 0 Å². The Balaban J connectivity index is 1.95. The Kier molecular flexibility index (Phi) is 2.04. The number of aryl methyl sites for hydroxylation is 1. The van der Waals surface area contributed by atoms with Gasteiger partial charge in [-0.05, 0) is 37.3 Å². The van der Waals surface area contributed by atoms with Crippen molar-refractivity contribution in [2.45, 2.75) is 31.2 Å². The van der Waals surface area contributed by atoms with Crippen molar-refractivity contribution >= 4 is 11.6 Å². The molecule has 16 heavy (non-hydrogen) atoms. The van der Waals surface area contributed by atoms with E-state index in [0.717, 1.165) is 37.9 Å². The summed E-state index contributed by atoms with van der Waals surface area (Å²) < 4.78 is 0. The third-order valence-corrected chi connectivity index (χ3v) is 3.57. The van der Waals surface area contributed by atoms with E-state index in [-0.39, 0.29) is 5.91 Å². The fraction of sp³-hybridized carbons (Fsp3) is 0.462. The van der Waals surface area contributed by atoms with Gasteiger partial charge in [0.05, 0.1) is 5.54 Å². The quantitative estimate of drug-likeness (QED) is 0.772. The fourth-order valence-corrected chi connectivity index (χ4v) is 2.36. The summed E-state index contributed by atoms with van der Waals surface area (Å²) in [5, 5.41) is 0. The van der Waals surface area contributed by atoms with Gasteiger partial charge in [0.1, 0.15) is 0 Å². The summed E-state index contributed by atoms with van der Waals surface area (Å²) in [5.74, 6) is 0.111.